The molecule has 1 aromatic rings. The molecule has 1 aliphatic carbocycles. The van der Waals surface area contributed by atoms with Gasteiger partial charge in [0.05, 0.1) is 22.7 Å². The maximum atomic E-state index is 13.1. The van der Waals surface area contributed by atoms with E-state index in [9.17, 15) is 18.0 Å². The van der Waals surface area contributed by atoms with Gasteiger partial charge in [0.2, 0.25) is 10.0 Å². The summed E-state index contributed by atoms with van der Waals surface area (Å²) in [7, 11) is -3.78. The second-order valence-electron chi connectivity index (χ2n) is 9.12. The van der Waals surface area contributed by atoms with Crippen molar-refractivity contribution in [1.29, 1.82) is 0 Å². The van der Waals surface area contributed by atoms with Crippen LogP contribution >= 0.6 is 0 Å². The van der Waals surface area contributed by atoms with E-state index < -0.39 is 22.6 Å². The van der Waals surface area contributed by atoms with Gasteiger partial charge in [0.15, 0.2) is 6.61 Å². The van der Waals surface area contributed by atoms with Gasteiger partial charge < -0.3 is 14.8 Å². The lowest BCUT2D eigenvalue weighted by Crippen LogP contribution is -2.48. The minimum atomic E-state index is -3.78. The average Bonchev–Trinajstić information content (AvgIpc) is 2.74. The molecule has 2 fully saturated rings. The number of sulfonamides is 1. The zero-order chi connectivity index (χ0) is 23.5. The molecule has 8 nitrogen and oxygen atoms in total. The van der Waals surface area contributed by atoms with E-state index >= 15 is 0 Å². The molecule has 1 saturated carbocycles. The molecule has 178 valence electrons. The Kier molecular flexibility index (Phi) is 7.95. The molecule has 5 atom stereocenters. The van der Waals surface area contributed by atoms with Gasteiger partial charge in [-0.3, -0.25) is 4.79 Å². The molecule has 3 rings (SSSR count). The first-order valence-electron chi connectivity index (χ1n) is 11.3. The summed E-state index contributed by atoms with van der Waals surface area (Å²) in [5.74, 6) is -0.162. The van der Waals surface area contributed by atoms with Crippen LogP contribution in [0, 0.1) is 11.8 Å². The van der Waals surface area contributed by atoms with Crippen molar-refractivity contribution in [3.63, 3.8) is 0 Å². The van der Waals surface area contributed by atoms with Crippen LogP contribution in [0.1, 0.15) is 57.3 Å². The predicted octanol–water partition coefficient (Wildman–Crippen LogP) is 2.58. The molecule has 0 radical (unpaired) electrons. The number of ether oxygens (including phenoxy) is 2. The molecule has 1 aliphatic heterocycles. The predicted molar refractivity (Wildman–Crippen MR) is 120 cm³/mol. The summed E-state index contributed by atoms with van der Waals surface area (Å²) in [5.41, 5.74) is 0.0906. The number of esters is 1. The van der Waals surface area contributed by atoms with Crippen LogP contribution in [0.2, 0.25) is 0 Å². The first-order chi connectivity index (χ1) is 15.1. The molecule has 1 aromatic carbocycles. The number of carbonyl (C=O) groups is 2. The van der Waals surface area contributed by atoms with Crippen LogP contribution in [-0.4, -0.2) is 62.5 Å². The standard InChI is InChI=1S/C23H34N2O6S/c1-15-7-5-10-21(18(15)4)24-22(26)14-30-23(27)19-8-6-9-20(11-19)32(28,29)25-12-16(2)31-17(3)13-25/h6,8-9,11,15-18,21H,5,7,10,12-14H2,1-4H3,(H,24,26)/t15-,16+,17+,18-,21+/m0/s1. The zero-order valence-corrected chi connectivity index (χ0v) is 20.1. The molecular formula is C23H34N2O6S. The van der Waals surface area contributed by atoms with Gasteiger partial charge >= 0.3 is 5.97 Å². The maximum absolute atomic E-state index is 13.1. The number of carbonyl (C=O) groups excluding carboxylic acids is 2. The molecule has 1 saturated heterocycles. The van der Waals surface area contributed by atoms with Crippen molar-refractivity contribution < 1.29 is 27.5 Å². The number of benzene rings is 1. The number of nitrogens with one attached hydrogen (secondary N) is 1. The Morgan fingerprint density at radius 2 is 1.81 bits per heavy atom. The number of hydrogen-bond donors (Lipinski definition) is 1. The molecule has 0 spiro atoms. The highest BCUT2D eigenvalue weighted by molar-refractivity contribution is 7.89. The van der Waals surface area contributed by atoms with Gasteiger partial charge in [-0.1, -0.05) is 32.8 Å². The van der Waals surface area contributed by atoms with Crippen LogP contribution in [0.25, 0.3) is 0 Å². The third-order valence-electron chi connectivity index (χ3n) is 6.48. The molecule has 0 bridgehead atoms. The highest BCUT2D eigenvalue weighted by Gasteiger charge is 2.33. The average molecular weight is 467 g/mol. The largest absolute Gasteiger partial charge is 0.452 e. The zero-order valence-electron chi connectivity index (χ0n) is 19.2. The SMILES string of the molecule is C[C@H]1[C@@H](C)CCC[C@H]1NC(=O)COC(=O)c1cccc(S(=O)(=O)N2C[C@@H](C)O[C@H](C)C2)c1. The van der Waals surface area contributed by atoms with Gasteiger partial charge in [-0.25, -0.2) is 13.2 Å². The van der Waals surface area contributed by atoms with Gasteiger partial charge in [0, 0.05) is 19.1 Å². The van der Waals surface area contributed by atoms with Crippen molar-refractivity contribution in [2.75, 3.05) is 19.7 Å². The van der Waals surface area contributed by atoms with Crippen LogP contribution in [0.3, 0.4) is 0 Å². The summed E-state index contributed by atoms with van der Waals surface area (Å²) in [5, 5.41) is 2.96. The lowest BCUT2D eigenvalue weighted by atomic mass is 9.78. The van der Waals surface area contributed by atoms with Gasteiger partial charge in [0.1, 0.15) is 0 Å². The Balaban J connectivity index is 1.61. The smallest absolute Gasteiger partial charge is 0.338 e. The van der Waals surface area contributed by atoms with Gasteiger partial charge in [-0.15, -0.1) is 0 Å². The Labute approximate surface area is 190 Å². The lowest BCUT2D eigenvalue weighted by molar-refractivity contribution is -0.125. The number of morpholine rings is 1. The highest BCUT2D eigenvalue weighted by atomic mass is 32.2. The maximum Gasteiger partial charge on any atom is 0.338 e. The third kappa shape index (κ3) is 5.88. The minimum absolute atomic E-state index is 0.0164. The molecule has 0 unspecified atom stereocenters. The summed E-state index contributed by atoms with van der Waals surface area (Å²) in [6.45, 7) is 8.06. The molecule has 9 heteroatoms. The third-order valence-corrected chi connectivity index (χ3v) is 8.31. The van der Waals surface area contributed by atoms with Crippen LogP contribution < -0.4 is 5.32 Å². The van der Waals surface area contributed by atoms with Gasteiger partial charge in [-0.05, 0) is 50.3 Å². The van der Waals surface area contributed by atoms with E-state index in [-0.39, 0.29) is 47.7 Å². The number of nitrogens with zero attached hydrogens (tertiary/aromatic N) is 1. The van der Waals surface area contributed by atoms with Crippen molar-refractivity contribution >= 4 is 21.9 Å². The Morgan fingerprint density at radius 3 is 2.50 bits per heavy atom. The molecule has 1 amide bonds. The summed E-state index contributed by atoms with van der Waals surface area (Å²) >= 11 is 0. The summed E-state index contributed by atoms with van der Waals surface area (Å²) in [6, 6.07) is 5.81. The number of amides is 1. The second-order valence-corrected chi connectivity index (χ2v) is 11.1. The van der Waals surface area contributed by atoms with Crippen molar-refractivity contribution in [1.82, 2.24) is 9.62 Å². The molecule has 2 aliphatic rings. The van der Waals surface area contributed by atoms with Crippen LogP contribution in [0.15, 0.2) is 29.2 Å². The lowest BCUT2D eigenvalue weighted by Gasteiger charge is -2.34. The Morgan fingerprint density at radius 1 is 1.12 bits per heavy atom. The number of rotatable bonds is 6. The van der Waals surface area contributed by atoms with Gasteiger partial charge in [-0.2, -0.15) is 4.31 Å². The quantitative estimate of drug-likeness (QED) is 0.647. The van der Waals surface area contributed by atoms with E-state index in [1.807, 2.05) is 13.8 Å². The van der Waals surface area contributed by atoms with Crippen molar-refractivity contribution in [2.45, 2.75) is 70.1 Å². The molecule has 1 heterocycles. The Bertz CT molecular complexity index is 924. The normalized spacial score (nSPS) is 29.3. The van der Waals surface area contributed by atoms with Crippen molar-refractivity contribution in [3.05, 3.63) is 29.8 Å². The van der Waals surface area contributed by atoms with Crippen molar-refractivity contribution in [2.24, 2.45) is 11.8 Å². The highest BCUT2D eigenvalue weighted by Crippen LogP contribution is 2.29. The van der Waals surface area contributed by atoms with E-state index in [1.54, 1.807) is 0 Å². The summed E-state index contributed by atoms with van der Waals surface area (Å²) < 4.78 is 38.2. The Hall–Kier alpha value is -1.97. The molecule has 1 N–H and O–H groups in total. The van der Waals surface area contributed by atoms with Gasteiger partial charge in [0.25, 0.3) is 5.91 Å². The fourth-order valence-electron chi connectivity index (χ4n) is 4.51. The fraction of sp³-hybridized carbons (Fsp3) is 0.652. The van der Waals surface area contributed by atoms with Crippen LogP contribution in [0.5, 0.6) is 0 Å². The molecule has 32 heavy (non-hydrogen) atoms. The number of hydrogen-bond acceptors (Lipinski definition) is 6. The first kappa shape index (κ1) is 24.7. The fourth-order valence-corrected chi connectivity index (χ4v) is 6.15. The summed E-state index contributed by atoms with van der Waals surface area (Å²) in [6.07, 6.45) is 2.72. The van der Waals surface area contributed by atoms with E-state index in [0.29, 0.717) is 11.8 Å². The van der Waals surface area contributed by atoms with E-state index in [2.05, 4.69) is 19.2 Å². The van der Waals surface area contributed by atoms with Crippen LogP contribution in [0.4, 0.5) is 0 Å². The topological polar surface area (TPSA) is 102 Å². The van der Waals surface area contributed by atoms with Crippen LogP contribution in [-0.2, 0) is 24.3 Å². The monoisotopic (exact) mass is 466 g/mol. The summed E-state index contributed by atoms with van der Waals surface area (Å²) in [4.78, 5) is 24.8. The second kappa shape index (κ2) is 10.3. The van der Waals surface area contributed by atoms with E-state index in [1.165, 1.54) is 28.6 Å². The van der Waals surface area contributed by atoms with E-state index in [4.69, 9.17) is 9.47 Å². The minimum Gasteiger partial charge on any atom is -0.452 e. The molecule has 0 aromatic heterocycles. The van der Waals surface area contributed by atoms with E-state index in [0.717, 1.165) is 19.3 Å². The first-order valence-corrected chi connectivity index (χ1v) is 12.7. The van der Waals surface area contributed by atoms with Crippen molar-refractivity contribution in [3.8, 4) is 0 Å². The molecular weight excluding hydrogens is 432 g/mol.